The zero-order chi connectivity index (χ0) is 18.4. The Labute approximate surface area is 152 Å². The Balaban J connectivity index is 1.37. The first-order chi connectivity index (χ1) is 12.5. The van der Waals surface area contributed by atoms with E-state index in [1.54, 1.807) is 0 Å². The van der Waals surface area contributed by atoms with Gasteiger partial charge < -0.3 is 24.9 Å². The minimum atomic E-state index is -3.76. The number of nitrogens with zero attached hydrogens (tertiary/aromatic N) is 3. The fourth-order valence-electron chi connectivity index (χ4n) is 3.31. The first kappa shape index (κ1) is 19.2. The number of anilines is 1. The van der Waals surface area contributed by atoms with Crippen molar-refractivity contribution in [1.82, 2.24) is 19.9 Å². The summed E-state index contributed by atoms with van der Waals surface area (Å²) in [7, 11) is -3.76. The average molecular weight is 383 g/mol. The Morgan fingerprint density at radius 3 is 2.88 bits per heavy atom. The highest BCUT2D eigenvalue weighted by molar-refractivity contribution is 7.52. The number of fused-ring (bicyclic) bond motifs is 1. The molecule has 3 rings (SSSR count). The predicted molar refractivity (Wildman–Crippen MR) is 97.3 cm³/mol. The second-order valence-electron chi connectivity index (χ2n) is 6.74. The van der Waals surface area contributed by atoms with Crippen molar-refractivity contribution in [2.45, 2.75) is 51.6 Å². The van der Waals surface area contributed by atoms with E-state index in [2.05, 4.69) is 19.9 Å². The summed E-state index contributed by atoms with van der Waals surface area (Å²) in [5.41, 5.74) is 6.68. The number of aromatic amines is 1. The Morgan fingerprint density at radius 1 is 1.31 bits per heavy atom. The van der Waals surface area contributed by atoms with E-state index in [1.807, 2.05) is 0 Å². The molecule has 1 unspecified atom stereocenters. The van der Waals surface area contributed by atoms with E-state index in [0.29, 0.717) is 22.8 Å². The number of hydrogen-bond acceptors (Lipinski definition) is 7. The highest BCUT2D eigenvalue weighted by Crippen LogP contribution is 2.42. The van der Waals surface area contributed by atoms with Crippen LogP contribution in [0.4, 0.5) is 5.82 Å². The number of nitrogen functional groups attached to an aromatic ring is 1. The molecule has 2 aromatic heterocycles. The van der Waals surface area contributed by atoms with Crippen molar-refractivity contribution >= 4 is 24.6 Å². The van der Waals surface area contributed by atoms with Crippen molar-refractivity contribution in [2.24, 2.45) is 5.92 Å². The lowest BCUT2D eigenvalue weighted by molar-refractivity contribution is 0.128. The summed E-state index contributed by atoms with van der Waals surface area (Å²) in [6, 6.07) is 0. The predicted octanol–water partition coefficient (Wildman–Crippen LogP) is 2.97. The lowest BCUT2D eigenvalue weighted by Gasteiger charge is -2.21. The normalized spacial score (nSPS) is 18.2. The Morgan fingerprint density at radius 2 is 2.12 bits per heavy atom. The third-order valence-corrected chi connectivity index (χ3v) is 5.73. The summed E-state index contributed by atoms with van der Waals surface area (Å²) < 4.78 is 22.4. The van der Waals surface area contributed by atoms with Crippen LogP contribution in [-0.2, 0) is 20.4 Å². The maximum atomic E-state index is 12.0. The first-order valence-corrected chi connectivity index (χ1v) is 10.8. The molecule has 1 fully saturated rings. The molecule has 0 saturated heterocycles. The van der Waals surface area contributed by atoms with Gasteiger partial charge in [0.15, 0.2) is 11.5 Å². The van der Waals surface area contributed by atoms with Crippen LogP contribution in [0.3, 0.4) is 0 Å². The Hall–Kier alpha value is -1.54. The zero-order valence-corrected chi connectivity index (χ0v) is 15.7. The fourth-order valence-corrected chi connectivity index (χ4v) is 4.12. The quantitative estimate of drug-likeness (QED) is 0.444. The van der Waals surface area contributed by atoms with Crippen LogP contribution in [0.2, 0.25) is 0 Å². The van der Waals surface area contributed by atoms with Gasteiger partial charge in [-0.2, -0.15) is 0 Å². The van der Waals surface area contributed by atoms with Crippen LogP contribution in [0, 0.1) is 5.92 Å². The Kier molecular flexibility index (Phi) is 6.58. The minimum absolute atomic E-state index is 0.0335. The monoisotopic (exact) mass is 383 g/mol. The summed E-state index contributed by atoms with van der Waals surface area (Å²) in [4.78, 5) is 24.8. The molecule has 0 bridgehead atoms. The van der Waals surface area contributed by atoms with E-state index in [0.717, 1.165) is 18.8 Å². The molecule has 1 atom stereocenters. The third kappa shape index (κ3) is 5.48. The van der Waals surface area contributed by atoms with Crippen LogP contribution in [0.5, 0.6) is 0 Å². The molecule has 9 nitrogen and oxygen atoms in total. The minimum Gasteiger partial charge on any atom is -0.382 e. The number of nitrogens with one attached hydrogen (secondary N) is 1. The van der Waals surface area contributed by atoms with Gasteiger partial charge in [0.2, 0.25) is 0 Å². The maximum Gasteiger partial charge on any atom is 0.353 e. The maximum absolute atomic E-state index is 12.0. The van der Waals surface area contributed by atoms with Gasteiger partial charge in [-0.05, 0) is 18.8 Å². The van der Waals surface area contributed by atoms with Crippen molar-refractivity contribution in [3.63, 3.8) is 0 Å². The number of aromatic nitrogens is 4. The molecule has 144 valence electrons. The van der Waals surface area contributed by atoms with Gasteiger partial charge in [-0.25, -0.2) is 15.0 Å². The van der Waals surface area contributed by atoms with Crippen LogP contribution in [0.25, 0.3) is 11.2 Å². The SMILES string of the molecule is Nc1ncnc2nc(COCP(=O)(O)OCCCC3CCCCC3)[nH]c12. The van der Waals surface area contributed by atoms with Crippen LogP contribution in [0.15, 0.2) is 6.33 Å². The largest absolute Gasteiger partial charge is 0.382 e. The first-order valence-electron chi connectivity index (χ1n) is 9.03. The number of rotatable bonds is 9. The molecular weight excluding hydrogens is 357 g/mol. The topological polar surface area (TPSA) is 136 Å². The molecular formula is C16H26N5O4P. The smallest absolute Gasteiger partial charge is 0.353 e. The molecule has 26 heavy (non-hydrogen) atoms. The van der Waals surface area contributed by atoms with E-state index in [1.165, 1.54) is 38.4 Å². The van der Waals surface area contributed by atoms with E-state index < -0.39 is 7.60 Å². The van der Waals surface area contributed by atoms with E-state index in [9.17, 15) is 9.46 Å². The summed E-state index contributed by atoms with van der Waals surface area (Å²) in [5.74, 6) is 1.50. The summed E-state index contributed by atoms with van der Waals surface area (Å²) in [6.45, 7) is 0.316. The van der Waals surface area contributed by atoms with Gasteiger partial charge in [-0.1, -0.05) is 32.1 Å². The summed E-state index contributed by atoms with van der Waals surface area (Å²) in [5, 5.41) is 0. The van der Waals surface area contributed by atoms with Crippen LogP contribution >= 0.6 is 7.60 Å². The number of imidazole rings is 1. The summed E-state index contributed by atoms with van der Waals surface area (Å²) in [6.07, 6.45) is 9.28. The Bertz CT molecular complexity index is 762. The molecule has 0 spiro atoms. The van der Waals surface area contributed by atoms with Gasteiger partial charge in [-0.15, -0.1) is 0 Å². The molecule has 0 aromatic carbocycles. The highest BCUT2D eigenvalue weighted by Gasteiger charge is 2.21. The van der Waals surface area contributed by atoms with Gasteiger partial charge in [0.25, 0.3) is 0 Å². The van der Waals surface area contributed by atoms with Gasteiger partial charge in [0.05, 0.1) is 6.61 Å². The molecule has 2 aromatic rings. The average Bonchev–Trinajstić information content (AvgIpc) is 3.04. The second kappa shape index (κ2) is 8.90. The molecule has 1 saturated carbocycles. The van der Waals surface area contributed by atoms with Gasteiger partial charge >= 0.3 is 7.60 Å². The van der Waals surface area contributed by atoms with E-state index in [-0.39, 0.29) is 19.6 Å². The second-order valence-corrected chi connectivity index (χ2v) is 8.53. The van der Waals surface area contributed by atoms with Crippen LogP contribution < -0.4 is 5.73 Å². The van der Waals surface area contributed by atoms with E-state index >= 15 is 0 Å². The van der Waals surface area contributed by atoms with Gasteiger partial charge in [-0.3, -0.25) is 4.57 Å². The molecule has 0 amide bonds. The fraction of sp³-hybridized carbons (Fsp3) is 0.688. The number of ether oxygens (including phenoxy) is 1. The van der Waals surface area contributed by atoms with Crippen molar-refractivity contribution < 1.29 is 18.7 Å². The zero-order valence-electron chi connectivity index (χ0n) is 14.8. The summed E-state index contributed by atoms with van der Waals surface area (Å²) >= 11 is 0. The van der Waals surface area contributed by atoms with Crippen LogP contribution in [0.1, 0.15) is 50.8 Å². The van der Waals surface area contributed by atoms with Gasteiger partial charge in [0.1, 0.15) is 30.6 Å². The number of H-pyrrole nitrogens is 1. The standard InChI is InChI=1S/C16H26N5O4P/c17-15-14-16(19-10-18-15)21-13(20-14)9-24-11-26(22,23)25-8-4-7-12-5-2-1-3-6-12/h10,12H,1-9,11H2,(H,22,23)(H3,17,18,19,20,21). The van der Waals surface area contributed by atoms with Crippen LogP contribution in [-0.4, -0.2) is 37.8 Å². The van der Waals surface area contributed by atoms with Crippen molar-refractivity contribution in [3.05, 3.63) is 12.2 Å². The lowest BCUT2D eigenvalue weighted by Crippen LogP contribution is -2.08. The number of nitrogens with two attached hydrogens (primary N) is 1. The lowest BCUT2D eigenvalue weighted by atomic mass is 9.86. The molecule has 0 aliphatic heterocycles. The van der Waals surface area contributed by atoms with Crippen molar-refractivity contribution in [3.8, 4) is 0 Å². The number of hydrogen-bond donors (Lipinski definition) is 3. The highest BCUT2D eigenvalue weighted by atomic mass is 31.2. The third-order valence-electron chi connectivity index (χ3n) is 4.63. The van der Waals surface area contributed by atoms with Gasteiger partial charge in [0, 0.05) is 0 Å². The molecule has 4 N–H and O–H groups in total. The molecule has 1 aliphatic carbocycles. The molecule has 0 radical (unpaired) electrons. The molecule has 1 aliphatic rings. The van der Waals surface area contributed by atoms with E-state index in [4.69, 9.17) is 15.0 Å². The molecule has 10 heteroatoms. The molecule has 2 heterocycles. The van der Waals surface area contributed by atoms with Crippen molar-refractivity contribution in [2.75, 3.05) is 18.7 Å². The van der Waals surface area contributed by atoms with Crippen molar-refractivity contribution in [1.29, 1.82) is 0 Å².